The average Bonchev–Trinajstić information content (AvgIpc) is 3.30. The summed E-state index contributed by atoms with van der Waals surface area (Å²) in [5.74, 6) is -0.685. The first-order chi connectivity index (χ1) is 20.2. The Hall–Kier alpha value is -3.19. The lowest BCUT2D eigenvalue weighted by Gasteiger charge is -2.64. The molecular formula is C30H47BN6O6. The Bertz CT molecular complexity index is 1180. The lowest BCUT2D eigenvalue weighted by atomic mass is 9.43. The second-order valence-corrected chi connectivity index (χ2v) is 13.6. The fraction of sp³-hybridized carbons (Fsp3) is 0.700. The molecule has 0 spiro atoms. The molecule has 2 bridgehead atoms. The van der Waals surface area contributed by atoms with Gasteiger partial charge in [0.25, 0.3) is 5.96 Å². The predicted molar refractivity (Wildman–Crippen MR) is 163 cm³/mol. The third-order valence-corrected chi connectivity index (χ3v) is 9.85. The zero-order valence-electron chi connectivity index (χ0n) is 26.1. The van der Waals surface area contributed by atoms with Crippen LogP contribution in [0.2, 0.25) is 0 Å². The van der Waals surface area contributed by atoms with Crippen molar-refractivity contribution in [3.8, 4) is 0 Å². The van der Waals surface area contributed by atoms with Gasteiger partial charge in [0.2, 0.25) is 11.8 Å². The van der Waals surface area contributed by atoms with Gasteiger partial charge < -0.3 is 25.3 Å². The maximum Gasteiger partial charge on any atom is 0.481 e. The molecule has 1 saturated heterocycles. The molecule has 1 aliphatic heterocycles. The molecule has 1 aromatic carbocycles. The molecule has 4 aliphatic rings. The van der Waals surface area contributed by atoms with Gasteiger partial charge in [0.05, 0.1) is 23.6 Å². The zero-order valence-corrected chi connectivity index (χ0v) is 26.1. The summed E-state index contributed by atoms with van der Waals surface area (Å²) in [6.07, 6.45) is 3.34. The summed E-state index contributed by atoms with van der Waals surface area (Å²) in [6.45, 7) is 12.9. The highest BCUT2D eigenvalue weighted by Crippen LogP contribution is 2.65. The van der Waals surface area contributed by atoms with Gasteiger partial charge in [-0.1, -0.05) is 63.5 Å². The number of hydrazine groups is 1. The second-order valence-electron chi connectivity index (χ2n) is 13.6. The second kappa shape index (κ2) is 13.2. The van der Waals surface area contributed by atoms with Crippen LogP contribution in [0.4, 0.5) is 0 Å². The van der Waals surface area contributed by atoms with Crippen molar-refractivity contribution in [3.63, 3.8) is 0 Å². The fourth-order valence-corrected chi connectivity index (χ4v) is 7.21. The van der Waals surface area contributed by atoms with Crippen LogP contribution < -0.4 is 21.4 Å². The number of hydrogen-bond donors (Lipinski definition) is 5. The predicted octanol–water partition coefficient (Wildman–Crippen LogP) is 3.16. The number of hydrogen-bond acceptors (Lipinski definition) is 7. The fourth-order valence-electron chi connectivity index (χ4n) is 7.21. The standard InChI is InChI=1S/C30H47BN6O6/c1-18(2)15-25(31-42-24-17-21-16-23(29(21,4)5)30(24,6)43-31)35-27(39)22(13-10-14-33-28(32)36-37(40)41)34-26(38)19(3)20-11-8-7-9-12-20/h7-9,11-12,18-19,21-25H,10,13-17H2,1-6H3,(H,34,38)(H,35,39)(H3,32,33,36)/t19-,21+,22+,23+,24-,25+,30+/m1/s1. The maximum absolute atomic E-state index is 13.8. The van der Waals surface area contributed by atoms with E-state index in [-0.39, 0.29) is 42.2 Å². The van der Waals surface area contributed by atoms with Gasteiger partial charge in [-0.05, 0) is 74.7 Å². The van der Waals surface area contributed by atoms with Crippen molar-refractivity contribution < 1.29 is 23.9 Å². The first-order valence-electron chi connectivity index (χ1n) is 15.4. The molecule has 236 valence electrons. The summed E-state index contributed by atoms with van der Waals surface area (Å²) in [5, 5.41) is 26.1. The molecule has 5 rings (SSSR count). The van der Waals surface area contributed by atoms with Gasteiger partial charge >= 0.3 is 7.12 Å². The summed E-state index contributed by atoms with van der Waals surface area (Å²) >= 11 is 0. The van der Waals surface area contributed by atoms with Crippen molar-refractivity contribution in [2.45, 2.75) is 103 Å². The van der Waals surface area contributed by atoms with Gasteiger partial charge in [-0.3, -0.25) is 15.0 Å². The number of rotatable bonds is 13. The lowest BCUT2D eigenvalue weighted by Crippen LogP contribution is -2.65. The van der Waals surface area contributed by atoms with Crippen LogP contribution in [0.5, 0.6) is 0 Å². The van der Waals surface area contributed by atoms with Crippen molar-refractivity contribution in [2.75, 3.05) is 6.54 Å². The molecule has 0 aromatic heterocycles. The van der Waals surface area contributed by atoms with Gasteiger partial charge in [0, 0.05) is 6.54 Å². The molecule has 43 heavy (non-hydrogen) atoms. The molecular weight excluding hydrogens is 551 g/mol. The van der Waals surface area contributed by atoms with Crippen molar-refractivity contribution in [1.29, 1.82) is 5.41 Å². The van der Waals surface area contributed by atoms with Crippen molar-refractivity contribution in [3.05, 3.63) is 46.0 Å². The summed E-state index contributed by atoms with van der Waals surface area (Å²) in [6, 6.07) is 8.49. The molecule has 4 fully saturated rings. The minimum absolute atomic E-state index is 0.0165. The monoisotopic (exact) mass is 598 g/mol. The van der Waals surface area contributed by atoms with Crippen LogP contribution in [0, 0.1) is 38.7 Å². The Morgan fingerprint density at radius 1 is 1.12 bits per heavy atom. The Morgan fingerprint density at radius 3 is 2.44 bits per heavy atom. The van der Waals surface area contributed by atoms with E-state index >= 15 is 0 Å². The van der Waals surface area contributed by atoms with Crippen molar-refractivity contribution in [2.24, 2.45) is 23.2 Å². The lowest BCUT2D eigenvalue weighted by molar-refractivity contribution is -0.525. The van der Waals surface area contributed by atoms with Gasteiger partial charge in [-0.2, -0.15) is 0 Å². The summed E-state index contributed by atoms with van der Waals surface area (Å²) in [5.41, 5.74) is 2.37. The molecule has 13 heteroatoms. The van der Waals surface area contributed by atoms with Crippen molar-refractivity contribution >= 4 is 24.9 Å². The number of guanidine groups is 1. The van der Waals surface area contributed by atoms with E-state index < -0.39 is 41.6 Å². The molecule has 0 radical (unpaired) electrons. The molecule has 1 heterocycles. The van der Waals surface area contributed by atoms with Gasteiger partial charge in [0.15, 0.2) is 5.03 Å². The minimum Gasteiger partial charge on any atom is -0.404 e. The van der Waals surface area contributed by atoms with Crippen LogP contribution in [-0.4, -0.2) is 60.2 Å². The Balaban J connectivity index is 1.45. The number of nitro groups is 1. The minimum atomic E-state index is -0.862. The van der Waals surface area contributed by atoms with Crippen LogP contribution in [0.25, 0.3) is 0 Å². The van der Waals surface area contributed by atoms with Crippen LogP contribution >= 0.6 is 0 Å². The van der Waals surface area contributed by atoms with E-state index in [0.717, 1.165) is 18.4 Å². The zero-order chi connectivity index (χ0) is 31.5. The molecule has 1 aromatic rings. The number of nitrogens with one attached hydrogen (secondary N) is 5. The highest BCUT2D eigenvalue weighted by molar-refractivity contribution is 6.48. The summed E-state index contributed by atoms with van der Waals surface area (Å²) < 4.78 is 13.2. The summed E-state index contributed by atoms with van der Waals surface area (Å²) in [4.78, 5) is 37.7. The Kier molecular flexibility index (Phi) is 10.1. The number of amides is 2. The van der Waals surface area contributed by atoms with Crippen LogP contribution in [0.15, 0.2) is 30.3 Å². The molecule has 12 nitrogen and oxygen atoms in total. The molecule has 0 unspecified atom stereocenters. The van der Waals surface area contributed by atoms with Crippen LogP contribution in [-0.2, 0) is 18.9 Å². The van der Waals surface area contributed by atoms with E-state index in [9.17, 15) is 19.7 Å². The highest BCUT2D eigenvalue weighted by atomic mass is 16.7. The van der Waals surface area contributed by atoms with Gasteiger partial charge in [-0.15, -0.1) is 0 Å². The van der Waals surface area contributed by atoms with E-state index in [4.69, 9.17) is 14.7 Å². The molecule has 3 saturated carbocycles. The Morgan fingerprint density at radius 2 is 1.81 bits per heavy atom. The van der Waals surface area contributed by atoms with Gasteiger partial charge in [0.1, 0.15) is 6.04 Å². The van der Waals surface area contributed by atoms with E-state index in [0.29, 0.717) is 24.7 Å². The van der Waals surface area contributed by atoms with Crippen LogP contribution in [0.3, 0.4) is 0 Å². The van der Waals surface area contributed by atoms with Crippen molar-refractivity contribution in [1.82, 2.24) is 21.4 Å². The number of benzene rings is 1. The number of nitrogens with zero attached hydrogens (tertiary/aromatic N) is 1. The van der Waals surface area contributed by atoms with E-state index in [2.05, 4.69) is 50.6 Å². The van der Waals surface area contributed by atoms with E-state index in [1.165, 1.54) is 0 Å². The largest absolute Gasteiger partial charge is 0.481 e. The average molecular weight is 599 g/mol. The third-order valence-electron chi connectivity index (χ3n) is 9.85. The van der Waals surface area contributed by atoms with E-state index in [1.54, 1.807) is 12.3 Å². The maximum atomic E-state index is 13.8. The van der Waals surface area contributed by atoms with Crippen LogP contribution in [0.1, 0.15) is 85.1 Å². The first-order valence-corrected chi connectivity index (χ1v) is 15.4. The normalized spacial score (nSPS) is 27.2. The van der Waals surface area contributed by atoms with Gasteiger partial charge in [-0.25, -0.2) is 10.1 Å². The molecule has 5 N–H and O–H groups in total. The topological polar surface area (TPSA) is 168 Å². The third kappa shape index (κ3) is 7.31. The molecule has 3 aliphatic carbocycles. The smallest absolute Gasteiger partial charge is 0.404 e. The first kappa shape index (κ1) is 32.7. The SMILES string of the molecule is CC(C)C[C@H](NC(=O)[C@H](CCCNC(=N)N[N+](=O)[O-])NC(=O)[C@H](C)c1ccccc1)B1O[C@@H]2C[C@@H]3C[C@@H](C3(C)C)[C@]2(C)O1. The molecule has 2 amide bonds. The summed E-state index contributed by atoms with van der Waals surface area (Å²) in [7, 11) is -0.591. The number of carbonyl (C=O) groups is 2. The number of carbonyl (C=O) groups excluding carboxylic acids is 2. The highest BCUT2D eigenvalue weighted by Gasteiger charge is 2.68. The Labute approximate surface area is 254 Å². The molecule has 7 atom stereocenters. The van der Waals surface area contributed by atoms with E-state index in [1.807, 2.05) is 30.3 Å². The quantitative estimate of drug-likeness (QED) is 0.0576.